The maximum Gasteiger partial charge on any atom is 0.306 e. The van der Waals surface area contributed by atoms with E-state index in [1.807, 2.05) is 27.7 Å². The second kappa shape index (κ2) is 80.7. The standard InChI is InChI=1S/2C15H28O3.2C9H20O.C7H15NO.C7H12O4.C2H6/c2*1-3-5-6-7-8-9-12-18-15(17)13-14(4-2)10-11-16;2*1-3-4-5-6-7-8-9-10-2;1-8-5-3-7(9-2)4-6-8;1-10-4-7(2-3-8)5-11-6-9;1-2/h2*11,14H,3-10,12-13H2,1-2H3;2*3-9H2,1-2H3;7H,3-6H2,1-2H3;3,6-7H,2,4-5H2,1H3;1-2H3. The van der Waals surface area contributed by atoms with Crippen LogP contribution in [0.15, 0.2) is 0 Å². The summed E-state index contributed by atoms with van der Waals surface area (Å²) in [5.41, 5.74) is 0. The molecule has 0 amide bonds. The predicted octanol–water partition coefficient (Wildman–Crippen LogP) is 15.5. The van der Waals surface area contributed by atoms with Crippen LogP contribution in [0.5, 0.6) is 0 Å². The van der Waals surface area contributed by atoms with E-state index in [9.17, 15) is 28.8 Å². The van der Waals surface area contributed by atoms with Gasteiger partial charge in [-0.15, -0.1) is 0 Å². The molecule has 78 heavy (non-hydrogen) atoms. The summed E-state index contributed by atoms with van der Waals surface area (Å²) >= 11 is 0. The van der Waals surface area contributed by atoms with E-state index < -0.39 is 0 Å². The Hall–Kier alpha value is -2.78. The summed E-state index contributed by atoms with van der Waals surface area (Å²) in [7, 11) is 9.04. The van der Waals surface area contributed by atoms with Crippen molar-refractivity contribution >= 4 is 37.3 Å². The number of hydrogen-bond acceptors (Lipinski definition) is 14. The third-order valence-corrected chi connectivity index (χ3v) is 13.1. The highest BCUT2D eigenvalue weighted by Gasteiger charge is 2.15. The molecule has 0 saturated carbocycles. The Morgan fingerprint density at radius 1 is 0.449 bits per heavy atom. The van der Waals surface area contributed by atoms with Crippen molar-refractivity contribution in [1.82, 2.24) is 4.90 Å². The Morgan fingerprint density at radius 2 is 0.769 bits per heavy atom. The summed E-state index contributed by atoms with van der Waals surface area (Å²) in [5.74, 6) is -0.0173. The van der Waals surface area contributed by atoms with Crippen molar-refractivity contribution in [2.24, 2.45) is 17.8 Å². The zero-order chi connectivity index (χ0) is 59.8. The lowest BCUT2D eigenvalue weighted by molar-refractivity contribution is -0.146. The average molecular weight is 1120 g/mol. The maximum absolute atomic E-state index is 11.5. The first kappa shape index (κ1) is 86.5. The summed E-state index contributed by atoms with van der Waals surface area (Å²) in [6.45, 7) is 23.3. The van der Waals surface area contributed by atoms with E-state index in [4.69, 9.17) is 28.4 Å². The molecular formula is C64H129NO13. The molecule has 0 bridgehead atoms. The van der Waals surface area contributed by atoms with Crippen molar-refractivity contribution < 1.29 is 61.9 Å². The monoisotopic (exact) mass is 1120 g/mol. The normalized spacial score (nSPS) is 12.8. The van der Waals surface area contributed by atoms with Crippen molar-refractivity contribution in [2.75, 3.05) is 88.2 Å². The molecule has 3 atom stereocenters. The molecule has 0 radical (unpaired) electrons. The molecule has 468 valence electrons. The first-order valence-corrected chi connectivity index (χ1v) is 31.3. The number of carbonyl (C=O) groups excluding carboxylic acids is 6. The molecule has 14 nitrogen and oxygen atoms in total. The van der Waals surface area contributed by atoms with E-state index in [1.165, 1.54) is 154 Å². The summed E-state index contributed by atoms with van der Waals surface area (Å²) in [5, 5.41) is 0. The Labute approximate surface area is 481 Å². The van der Waals surface area contributed by atoms with Crippen LogP contribution < -0.4 is 0 Å². The fourth-order valence-electron chi connectivity index (χ4n) is 7.79. The van der Waals surface area contributed by atoms with Crippen LogP contribution in [-0.2, 0) is 61.9 Å². The maximum atomic E-state index is 11.5. The van der Waals surface area contributed by atoms with E-state index in [0.717, 1.165) is 70.6 Å². The molecule has 0 aromatic rings. The van der Waals surface area contributed by atoms with E-state index >= 15 is 0 Å². The van der Waals surface area contributed by atoms with Gasteiger partial charge in [-0.05, 0) is 57.4 Å². The Kier molecular flexibility index (Phi) is 89.5. The minimum absolute atomic E-state index is 0.0114. The molecular weight excluding hydrogens is 991 g/mol. The third-order valence-electron chi connectivity index (χ3n) is 13.1. The molecule has 14 heteroatoms. The Bertz CT molecular complexity index is 1080. The van der Waals surface area contributed by atoms with Gasteiger partial charge in [-0.3, -0.25) is 14.4 Å². The van der Waals surface area contributed by atoms with Crippen LogP contribution >= 0.6 is 0 Å². The van der Waals surface area contributed by atoms with Gasteiger partial charge in [-0.1, -0.05) is 197 Å². The first-order chi connectivity index (χ1) is 38.0. The van der Waals surface area contributed by atoms with Crippen LogP contribution in [-0.4, -0.2) is 136 Å². The highest BCUT2D eigenvalue weighted by molar-refractivity contribution is 5.70. The molecule has 0 spiro atoms. The predicted molar refractivity (Wildman–Crippen MR) is 324 cm³/mol. The van der Waals surface area contributed by atoms with Gasteiger partial charge in [0.25, 0.3) is 6.47 Å². The SMILES string of the molecule is CC.CCCCCCCCOC.CCCCCCCCOC.CCCCCCCCOC(=O)CC(CC)CC=O.CCCCCCCCOC(=O)CC(CC)CC=O.COC1CCN(C)CC1.COCC(CC=O)COC=O. The van der Waals surface area contributed by atoms with Gasteiger partial charge < -0.3 is 52.4 Å². The van der Waals surface area contributed by atoms with E-state index in [-0.39, 0.29) is 36.3 Å². The Morgan fingerprint density at radius 3 is 1.05 bits per heavy atom. The summed E-state index contributed by atoms with van der Waals surface area (Å²) in [6.07, 6.45) is 39.7. The highest BCUT2D eigenvalue weighted by Crippen LogP contribution is 2.15. The number of aldehydes is 3. The van der Waals surface area contributed by atoms with E-state index in [0.29, 0.717) is 64.5 Å². The number of rotatable bonds is 46. The molecule has 0 aliphatic carbocycles. The summed E-state index contributed by atoms with van der Waals surface area (Å²) < 4.78 is 34.7. The van der Waals surface area contributed by atoms with Crippen LogP contribution in [0, 0.1) is 17.8 Å². The molecule has 1 heterocycles. The lowest BCUT2D eigenvalue weighted by Crippen LogP contribution is -2.33. The fraction of sp³-hybridized carbons (Fsp3) is 0.906. The van der Waals surface area contributed by atoms with E-state index in [2.05, 4.69) is 44.4 Å². The average Bonchev–Trinajstić information content (AvgIpc) is 3.45. The lowest BCUT2D eigenvalue weighted by atomic mass is 9.99. The molecule has 1 fully saturated rings. The Balaban J connectivity index is -0.000000202. The number of carbonyl (C=O) groups is 6. The van der Waals surface area contributed by atoms with Gasteiger partial charge in [0.1, 0.15) is 18.9 Å². The molecule has 1 rings (SSSR count). The molecule has 1 aliphatic heterocycles. The van der Waals surface area contributed by atoms with Crippen molar-refractivity contribution in [1.29, 1.82) is 0 Å². The van der Waals surface area contributed by atoms with Gasteiger partial charge in [0.2, 0.25) is 0 Å². The minimum atomic E-state index is -0.155. The van der Waals surface area contributed by atoms with Gasteiger partial charge in [-0.25, -0.2) is 0 Å². The van der Waals surface area contributed by atoms with Crippen molar-refractivity contribution in [2.45, 2.75) is 273 Å². The second-order valence-corrected chi connectivity index (χ2v) is 20.2. The van der Waals surface area contributed by atoms with Crippen LogP contribution in [0.25, 0.3) is 0 Å². The molecule has 0 N–H and O–H groups in total. The van der Waals surface area contributed by atoms with Gasteiger partial charge in [0.05, 0.1) is 32.5 Å². The summed E-state index contributed by atoms with van der Waals surface area (Å²) in [6, 6.07) is 0. The van der Waals surface area contributed by atoms with Crippen LogP contribution in [0.4, 0.5) is 0 Å². The molecule has 0 aromatic carbocycles. The van der Waals surface area contributed by atoms with Crippen molar-refractivity contribution in [3.8, 4) is 0 Å². The van der Waals surface area contributed by atoms with E-state index in [1.54, 1.807) is 28.4 Å². The van der Waals surface area contributed by atoms with Gasteiger partial charge >= 0.3 is 11.9 Å². The zero-order valence-electron chi connectivity index (χ0n) is 53.4. The van der Waals surface area contributed by atoms with Crippen molar-refractivity contribution in [3.63, 3.8) is 0 Å². The number of nitrogens with zero attached hydrogens (tertiary/aromatic N) is 1. The number of methoxy groups -OCH3 is 4. The highest BCUT2D eigenvalue weighted by atomic mass is 16.5. The van der Waals surface area contributed by atoms with Crippen molar-refractivity contribution in [3.05, 3.63) is 0 Å². The first-order valence-electron chi connectivity index (χ1n) is 31.3. The topological polar surface area (TPSA) is 170 Å². The molecule has 1 saturated heterocycles. The number of unbranched alkanes of at least 4 members (excludes halogenated alkanes) is 20. The van der Waals surface area contributed by atoms with Gasteiger partial charge in [-0.2, -0.15) is 0 Å². The minimum Gasteiger partial charge on any atom is -0.467 e. The van der Waals surface area contributed by atoms with Crippen LogP contribution in [0.1, 0.15) is 267 Å². The number of piperidine rings is 1. The molecule has 3 unspecified atom stereocenters. The zero-order valence-corrected chi connectivity index (χ0v) is 53.4. The second-order valence-electron chi connectivity index (χ2n) is 20.2. The third kappa shape index (κ3) is 79.7. The number of likely N-dealkylation sites (tertiary alicyclic amines) is 1. The number of ether oxygens (including phenoxy) is 7. The lowest BCUT2D eigenvalue weighted by Gasteiger charge is -2.27. The van der Waals surface area contributed by atoms with Gasteiger partial charge in [0.15, 0.2) is 0 Å². The number of hydrogen-bond donors (Lipinski definition) is 0. The molecule has 1 aliphatic rings. The van der Waals surface area contributed by atoms with Crippen LogP contribution in [0.3, 0.4) is 0 Å². The summed E-state index contributed by atoms with van der Waals surface area (Å²) in [4.78, 5) is 65.9. The fourth-order valence-corrected chi connectivity index (χ4v) is 7.79. The van der Waals surface area contributed by atoms with Gasteiger partial charge in [0, 0.05) is 92.8 Å². The largest absolute Gasteiger partial charge is 0.467 e. The number of esters is 2. The smallest absolute Gasteiger partial charge is 0.306 e. The molecule has 0 aromatic heterocycles. The quantitative estimate of drug-likeness (QED) is 0.0244. The van der Waals surface area contributed by atoms with Crippen LogP contribution in [0.2, 0.25) is 0 Å².